The number of carbonyl (C=O) groups is 1. The Labute approximate surface area is 145 Å². The first-order valence-electron chi connectivity index (χ1n) is 8.40. The number of carbonyl (C=O) groups excluding carboxylic acids is 1. The van der Waals surface area contributed by atoms with Gasteiger partial charge in [-0.25, -0.2) is 18.7 Å². The third-order valence-corrected chi connectivity index (χ3v) is 4.03. The molecule has 0 bridgehead atoms. The fourth-order valence-corrected chi connectivity index (χ4v) is 3.04. The molecule has 0 radical (unpaired) electrons. The van der Waals surface area contributed by atoms with Gasteiger partial charge in [-0.05, 0) is 51.3 Å². The summed E-state index contributed by atoms with van der Waals surface area (Å²) in [6.07, 6.45) is 1.94. The summed E-state index contributed by atoms with van der Waals surface area (Å²) in [7, 11) is 0. The quantitative estimate of drug-likeness (QED) is 0.800. The fraction of sp³-hybridized carbons (Fsp3) is 0.500. The summed E-state index contributed by atoms with van der Waals surface area (Å²) in [5.41, 5.74) is -0.336. The Kier molecular flexibility index (Phi) is 4.49. The third kappa shape index (κ3) is 3.81. The molecule has 0 fully saturated rings. The number of aromatic nitrogens is 3. The highest BCUT2D eigenvalue weighted by atomic mass is 19.1. The Hall–Kier alpha value is -2.44. The van der Waals surface area contributed by atoms with Gasteiger partial charge >= 0.3 is 11.7 Å². The molecule has 6 nitrogen and oxygen atoms in total. The van der Waals surface area contributed by atoms with E-state index >= 15 is 0 Å². The Morgan fingerprint density at radius 3 is 2.84 bits per heavy atom. The highest BCUT2D eigenvalue weighted by Crippen LogP contribution is 2.25. The van der Waals surface area contributed by atoms with Crippen molar-refractivity contribution in [2.24, 2.45) is 0 Å². The van der Waals surface area contributed by atoms with Crippen molar-refractivity contribution in [3.05, 3.63) is 52.0 Å². The van der Waals surface area contributed by atoms with E-state index in [0.717, 1.165) is 6.42 Å². The topological polar surface area (TPSA) is 66.1 Å². The molecule has 1 aliphatic heterocycles. The number of esters is 1. The molecule has 0 saturated carbocycles. The van der Waals surface area contributed by atoms with Gasteiger partial charge in [-0.2, -0.15) is 5.10 Å². The van der Waals surface area contributed by atoms with Gasteiger partial charge in [0.2, 0.25) is 0 Å². The average Bonchev–Trinajstić information content (AvgIpc) is 2.82. The predicted molar refractivity (Wildman–Crippen MR) is 89.8 cm³/mol. The van der Waals surface area contributed by atoms with Gasteiger partial charge in [0.05, 0.1) is 6.54 Å². The number of nitrogens with zero attached hydrogens (tertiary/aromatic N) is 3. The Morgan fingerprint density at radius 2 is 2.16 bits per heavy atom. The van der Waals surface area contributed by atoms with Crippen molar-refractivity contribution in [1.82, 2.24) is 14.3 Å². The van der Waals surface area contributed by atoms with E-state index in [2.05, 4.69) is 5.10 Å². The summed E-state index contributed by atoms with van der Waals surface area (Å²) < 4.78 is 21.5. The number of benzene rings is 1. The van der Waals surface area contributed by atoms with Gasteiger partial charge in [-0.15, -0.1) is 0 Å². The minimum atomic E-state index is -0.656. The Balaban J connectivity index is 1.91. The molecule has 1 aliphatic rings. The SMILES string of the molecule is CC(C)(C)OC(=O)[C@H]1CCCc2nn(Cc3cccc(F)c3)c(=O)n21. The van der Waals surface area contributed by atoms with Crippen LogP contribution in [0.25, 0.3) is 0 Å². The molecule has 134 valence electrons. The van der Waals surface area contributed by atoms with Crippen LogP contribution in [0.15, 0.2) is 29.1 Å². The van der Waals surface area contributed by atoms with Crippen LogP contribution in [0.2, 0.25) is 0 Å². The van der Waals surface area contributed by atoms with Crippen LogP contribution in [0.3, 0.4) is 0 Å². The third-order valence-electron chi connectivity index (χ3n) is 4.03. The minimum Gasteiger partial charge on any atom is -0.458 e. The highest BCUT2D eigenvalue weighted by molar-refractivity contribution is 5.74. The molecule has 0 amide bonds. The maximum atomic E-state index is 13.3. The van der Waals surface area contributed by atoms with E-state index in [4.69, 9.17) is 4.74 Å². The molecule has 3 rings (SSSR count). The predicted octanol–water partition coefficient (Wildman–Crippen LogP) is 2.45. The summed E-state index contributed by atoms with van der Waals surface area (Å²) in [5.74, 6) is -0.203. The van der Waals surface area contributed by atoms with E-state index in [1.54, 1.807) is 32.9 Å². The van der Waals surface area contributed by atoms with Crippen LogP contribution in [-0.4, -0.2) is 25.9 Å². The summed E-state index contributed by atoms with van der Waals surface area (Å²) in [4.78, 5) is 25.2. The summed E-state index contributed by atoms with van der Waals surface area (Å²) in [6.45, 7) is 5.55. The van der Waals surface area contributed by atoms with Crippen LogP contribution >= 0.6 is 0 Å². The number of rotatable bonds is 3. The molecular formula is C18H22FN3O3. The van der Waals surface area contributed by atoms with Crippen molar-refractivity contribution in [2.45, 2.75) is 58.2 Å². The van der Waals surface area contributed by atoms with Crippen molar-refractivity contribution in [3.8, 4) is 0 Å². The van der Waals surface area contributed by atoms with Crippen molar-refractivity contribution in [1.29, 1.82) is 0 Å². The lowest BCUT2D eigenvalue weighted by Gasteiger charge is -2.26. The number of aryl methyl sites for hydroxylation is 1. The molecule has 0 spiro atoms. The molecule has 1 atom stereocenters. The number of hydrogen-bond acceptors (Lipinski definition) is 4. The standard InChI is InChI=1S/C18H22FN3O3/c1-18(2,3)25-16(23)14-8-5-9-15-20-21(17(24)22(14)15)11-12-6-4-7-13(19)10-12/h4,6-7,10,14H,5,8-9,11H2,1-3H3/t14-/m1/s1. The lowest BCUT2D eigenvalue weighted by molar-refractivity contribution is -0.159. The van der Waals surface area contributed by atoms with Crippen LogP contribution in [-0.2, 0) is 22.5 Å². The van der Waals surface area contributed by atoms with E-state index in [1.807, 2.05) is 0 Å². The van der Waals surface area contributed by atoms with E-state index in [0.29, 0.717) is 24.2 Å². The molecular weight excluding hydrogens is 325 g/mol. The minimum absolute atomic E-state index is 0.164. The van der Waals surface area contributed by atoms with Gasteiger partial charge in [0.25, 0.3) is 0 Å². The smallest absolute Gasteiger partial charge is 0.347 e. The van der Waals surface area contributed by atoms with Crippen molar-refractivity contribution in [2.75, 3.05) is 0 Å². The molecule has 0 unspecified atom stereocenters. The molecule has 1 aromatic carbocycles. The molecule has 7 heteroatoms. The van der Waals surface area contributed by atoms with Gasteiger partial charge in [-0.3, -0.25) is 4.57 Å². The van der Waals surface area contributed by atoms with E-state index in [9.17, 15) is 14.0 Å². The second kappa shape index (κ2) is 6.46. The maximum absolute atomic E-state index is 13.3. The number of ether oxygens (including phenoxy) is 1. The molecule has 1 aromatic heterocycles. The largest absolute Gasteiger partial charge is 0.458 e. The zero-order valence-corrected chi connectivity index (χ0v) is 14.7. The first-order valence-corrected chi connectivity index (χ1v) is 8.40. The molecule has 2 aromatic rings. The fourth-order valence-electron chi connectivity index (χ4n) is 3.04. The second-order valence-electron chi connectivity index (χ2n) is 7.30. The monoisotopic (exact) mass is 347 g/mol. The lowest BCUT2D eigenvalue weighted by atomic mass is 10.0. The van der Waals surface area contributed by atoms with Crippen molar-refractivity contribution < 1.29 is 13.9 Å². The average molecular weight is 347 g/mol. The molecule has 0 aliphatic carbocycles. The number of halogens is 1. The van der Waals surface area contributed by atoms with E-state index in [-0.39, 0.29) is 18.1 Å². The van der Waals surface area contributed by atoms with Gasteiger partial charge < -0.3 is 4.74 Å². The number of hydrogen-bond donors (Lipinski definition) is 0. The summed E-state index contributed by atoms with van der Waals surface area (Å²) >= 11 is 0. The van der Waals surface area contributed by atoms with Crippen LogP contribution in [0.5, 0.6) is 0 Å². The van der Waals surface area contributed by atoms with Crippen molar-refractivity contribution in [3.63, 3.8) is 0 Å². The van der Waals surface area contributed by atoms with Crippen LogP contribution in [0, 0.1) is 5.82 Å². The second-order valence-corrected chi connectivity index (χ2v) is 7.30. The molecule has 2 heterocycles. The number of fused-ring (bicyclic) bond motifs is 1. The highest BCUT2D eigenvalue weighted by Gasteiger charge is 2.33. The van der Waals surface area contributed by atoms with Crippen LogP contribution in [0.1, 0.15) is 51.0 Å². The van der Waals surface area contributed by atoms with E-state index < -0.39 is 17.6 Å². The Bertz CT molecular complexity index is 848. The van der Waals surface area contributed by atoms with E-state index in [1.165, 1.54) is 21.4 Å². The first kappa shape index (κ1) is 17.4. The van der Waals surface area contributed by atoms with Gasteiger partial charge in [0.15, 0.2) is 0 Å². The zero-order chi connectivity index (χ0) is 18.2. The van der Waals surface area contributed by atoms with Crippen LogP contribution in [0.4, 0.5) is 4.39 Å². The molecule has 0 saturated heterocycles. The molecule has 0 N–H and O–H groups in total. The normalized spacial score (nSPS) is 17.2. The van der Waals surface area contributed by atoms with Crippen LogP contribution < -0.4 is 5.69 Å². The van der Waals surface area contributed by atoms with Gasteiger partial charge in [-0.1, -0.05) is 12.1 Å². The maximum Gasteiger partial charge on any atom is 0.347 e. The van der Waals surface area contributed by atoms with Crippen molar-refractivity contribution >= 4 is 5.97 Å². The zero-order valence-electron chi connectivity index (χ0n) is 14.7. The molecule has 25 heavy (non-hydrogen) atoms. The summed E-state index contributed by atoms with van der Waals surface area (Å²) in [6, 6.07) is 5.39. The van der Waals surface area contributed by atoms with Gasteiger partial charge in [0, 0.05) is 6.42 Å². The van der Waals surface area contributed by atoms with Gasteiger partial charge in [0.1, 0.15) is 23.3 Å². The lowest BCUT2D eigenvalue weighted by Crippen LogP contribution is -2.38. The summed E-state index contributed by atoms with van der Waals surface area (Å²) in [5, 5.41) is 4.34. The first-order chi connectivity index (χ1) is 11.7. The Morgan fingerprint density at radius 1 is 1.40 bits per heavy atom.